The first-order chi connectivity index (χ1) is 7.81. The van der Waals surface area contributed by atoms with Gasteiger partial charge in [-0.15, -0.1) is 11.8 Å². The Labute approximate surface area is 100 Å². The van der Waals surface area contributed by atoms with Crippen LogP contribution in [0.3, 0.4) is 0 Å². The lowest BCUT2D eigenvalue weighted by Gasteiger charge is -2.25. The van der Waals surface area contributed by atoms with Crippen molar-refractivity contribution in [2.24, 2.45) is 0 Å². The molecule has 1 heterocycles. The predicted octanol–water partition coefficient (Wildman–Crippen LogP) is 2.55. The molecule has 4 heteroatoms. The van der Waals surface area contributed by atoms with Crippen LogP contribution >= 0.6 is 11.8 Å². The molecule has 1 aliphatic heterocycles. The largest absolute Gasteiger partial charge is 0.491 e. The SMILES string of the molecule is CCCOc1cccc(SC2COC2)c1N. The lowest BCUT2D eigenvalue weighted by molar-refractivity contribution is 0.0455. The molecular formula is C12H17NO2S. The number of para-hydroxylation sites is 1. The lowest BCUT2D eigenvalue weighted by Crippen LogP contribution is -2.30. The molecule has 2 rings (SSSR count). The molecule has 1 aliphatic rings. The monoisotopic (exact) mass is 239 g/mol. The summed E-state index contributed by atoms with van der Waals surface area (Å²) in [6.07, 6.45) is 0.993. The van der Waals surface area contributed by atoms with Gasteiger partial charge in [0, 0.05) is 4.90 Å². The fraction of sp³-hybridized carbons (Fsp3) is 0.500. The second kappa shape index (κ2) is 5.46. The van der Waals surface area contributed by atoms with Gasteiger partial charge in [0.25, 0.3) is 0 Å². The van der Waals surface area contributed by atoms with E-state index in [9.17, 15) is 0 Å². The summed E-state index contributed by atoms with van der Waals surface area (Å²) in [5, 5.41) is 0.545. The molecule has 3 nitrogen and oxygen atoms in total. The zero-order valence-electron chi connectivity index (χ0n) is 9.44. The molecular weight excluding hydrogens is 222 g/mol. The normalized spacial score (nSPS) is 15.8. The number of hydrogen-bond donors (Lipinski definition) is 1. The maximum absolute atomic E-state index is 6.06. The quantitative estimate of drug-likeness (QED) is 0.802. The maximum Gasteiger partial charge on any atom is 0.143 e. The van der Waals surface area contributed by atoms with Crippen molar-refractivity contribution < 1.29 is 9.47 Å². The van der Waals surface area contributed by atoms with Crippen molar-refractivity contribution in [2.75, 3.05) is 25.6 Å². The smallest absolute Gasteiger partial charge is 0.143 e. The number of nitrogen functional groups attached to an aromatic ring is 1. The van der Waals surface area contributed by atoms with Crippen molar-refractivity contribution in [3.05, 3.63) is 18.2 Å². The molecule has 0 radical (unpaired) electrons. The van der Waals surface area contributed by atoms with Gasteiger partial charge in [-0.2, -0.15) is 0 Å². The average Bonchev–Trinajstić information content (AvgIpc) is 2.23. The number of anilines is 1. The van der Waals surface area contributed by atoms with Gasteiger partial charge in [0.1, 0.15) is 5.75 Å². The van der Waals surface area contributed by atoms with E-state index >= 15 is 0 Å². The van der Waals surface area contributed by atoms with E-state index < -0.39 is 0 Å². The van der Waals surface area contributed by atoms with E-state index in [1.807, 2.05) is 18.2 Å². The van der Waals surface area contributed by atoms with Gasteiger partial charge >= 0.3 is 0 Å². The van der Waals surface area contributed by atoms with E-state index in [0.29, 0.717) is 11.9 Å². The number of hydrogen-bond acceptors (Lipinski definition) is 4. The van der Waals surface area contributed by atoms with E-state index in [-0.39, 0.29) is 0 Å². The Morgan fingerprint density at radius 1 is 1.50 bits per heavy atom. The molecule has 0 aliphatic carbocycles. The molecule has 1 saturated heterocycles. The Morgan fingerprint density at radius 3 is 2.94 bits per heavy atom. The molecule has 0 spiro atoms. The third-order valence-electron chi connectivity index (χ3n) is 2.39. The zero-order chi connectivity index (χ0) is 11.4. The van der Waals surface area contributed by atoms with Crippen LogP contribution in [0.15, 0.2) is 23.1 Å². The summed E-state index contributed by atoms with van der Waals surface area (Å²) >= 11 is 1.77. The highest BCUT2D eigenvalue weighted by molar-refractivity contribution is 8.00. The zero-order valence-corrected chi connectivity index (χ0v) is 10.3. The van der Waals surface area contributed by atoms with Crippen LogP contribution in [0.2, 0.25) is 0 Å². The minimum atomic E-state index is 0.545. The van der Waals surface area contributed by atoms with Gasteiger partial charge in [-0.25, -0.2) is 0 Å². The number of nitrogens with two attached hydrogens (primary N) is 1. The summed E-state index contributed by atoms with van der Waals surface area (Å²) in [5.41, 5.74) is 6.82. The first kappa shape index (κ1) is 11.6. The molecule has 2 N–H and O–H groups in total. The van der Waals surface area contributed by atoms with Crippen LogP contribution in [0.4, 0.5) is 5.69 Å². The highest BCUT2D eigenvalue weighted by Crippen LogP contribution is 2.36. The number of benzene rings is 1. The molecule has 1 fully saturated rings. The maximum atomic E-state index is 6.06. The van der Waals surface area contributed by atoms with E-state index in [2.05, 4.69) is 6.92 Å². The van der Waals surface area contributed by atoms with Gasteiger partial charge in [0.05, 0.1) is 30.8 Å². The van der Waals surface area contributed by atoms with Gasteiger partial charge in [-0.05, 0) is 18.6 Å². The number of thioether (sulfide) groups is 1. The van der Waals surface area contributed by atoms with Crippen LogP contribution in [-0.2, 0) is 4.74 Å². The topological polar surface area (TPSA) is 44.5 Å². The standard InChI is InChI=1S/C12H17NO2S/c1-2-6-15-10-4-3-5-11(12(10)13)16-9-7-14-8-9/h3-5,9H,2,6-8,13H2,1H3. The van der Waals surface area contributed by atoms with Gasteiger partial charge in [-0.3, -0.25) is 0 Å². The predicted molar refractivity (Wildman–Crippen MR) is 67.1 cm³/mol. The molecule has 16 heavy (non-hydrogen) atoms. The first-order valence-electron chi connectivity index (χ1n) is 5.57. The molecule has 1 aromatic carbocycles. The molecule has 1 aromatic rings. The fourth-order valence-electron chi connectivity index (χ4n) is 1.43. The second-order valence-electron chi connectivity index (χ2n) is 3.79. The van der Waals surface area contributed by atoms with Gasteiger partial charge in [0.15, 0.2) is 0 Å². The summed E-state index contributed by atoms with van der Waals surface area (Å²) in [7, 11) is 0. The van der Waals surface area contributed by atoms with Crippen LogP contribution in [0, 0.1) is 0 Å². The average molecular weight is 239 g/mol. The van der Waals surface area contributed by atoms with Crippen molar-refractivity contribution in [1.82, 2.24) is 0 Å². The van der Waals surface area contributed by atoms with Crippen molar-refractivity contribution in [2.45, 2.75) is 23.5 Å². The molecule has 88 valence electrons. The third-order valence-corrected chi connectivity index (χ3v) is 3.60. The Hall–Kier alpha value is -0.870. The molecule has 0 aromatic heterocycles. The Balaban J connectivity index is 2.05. The summed E-state index contributed by atoms with van der Waals surface area (Å²) in [6, 6.07) is 5.95. The van der Waals surface area contributed by atoms with Crippen LogP contribution in [0.5, 0.6) is 5.75 Å². The number of rotatable bonds is 5. The minimum Gasteiger partial charge on any atom is -0.491 e. The highest BCUT2D eigenvalue weighted by atomic mass is 32.2. The lowest BCUT2D eigenvalue weighted by atomic mass is 10.3. The second-order valence-corrected chi connectivity index (χ2v) is 5.14. The van der Waals surface area contributed by atoms with Gasteiger partial charge < -0.3 is 15.2 Å². The van der Waals surface area contributed by atoms with Gasteiger partial charge in [-0.1, -0.05) is 13.0 Å². The molecule has 0 unspecified atom stereocenters. The van der Waals surface area contributed by atoms with E-state index in [0.717, 1.165) is 36.0 Å². The molecule has 0 bridgehead atoms. The fourth-order valence-corrected chi connectivity index (χ4v) is 2.50. The minimum absolute atomic E-state index is 0.545. The van der Waals surface area contributed by atoms with E-state index in [4.69, 9.17) is 15.2 Å². The van der Waals surface area contributed by atoms with Crippen LogP contribution < -0.4 is 10.5 Å². The molecule has 0 saturated carbocycles. The summed E-state index contributed by atoms with van der Waals surface area (Å²) in [4.78, 5) is 1.10. The summed E-state index contributed by atoms with van der Waals surface area (Å²) in [5.74, 6) is 0.798. The Kier molecular flexibility index (Phi) is 3.96. The van der Waals surface area contributed by atoms with Crippen LogP contribution in [0.1, 0.15) is 13.3 Å². The van der Waals surface area contributed by atoms with Crippen molar-refractivity contribution >= 4 is 17.4 Å². The Morgan fingerprint density at radius 2 is 2.31 bits per heavy atom. The van der Waals surface area contributed by atoms with Crippen molar-refractivity contribution in [3.63, 3.8) is 0 Å². The van der Waals surface area contributed by atoms with Gasteiger partial charge in [0.2, 0.25) is 0 Å². The van der Waals surface area contributed by atoms with Crippen LogP contribution in [0.25, 0.3) is 0 Å². The highest BCUT2D eigenvalue weighted by Gasteiger charge is 2.21. The third kappa shape index (κ3) is 2.62. The summed E-state index contributed by atoms with van der Waals surface area (Å²) < 4.78 is 10.7. The molecule has 0 amide bonds. The Bertz CT molecular complexity index is 353. The first-order valence-corrected chi connectivity index (χ1v) is 6.45. The van der Waals surface area contributed by atoms with E-state index in [1.165, 1.54) is 0 Å². The summed E-state index contributed by atoms with van der Waals surface area (Å²) in [6.45, 7) is 4.44. The molecule has 0 atom stereocenters. The van der Waals surface area contributed by atoms with Crippen molar-refractivity contribution in [1.29, 1.82) is 0 Å². The van der Waals surface area contributed by atoms with Crippen LogP contribution in [-0.4, -0.2) is 25.1 Å². The number of ether oxygens (including phenoxy) is 2. The van der Waals surface area contributed by atoms with Crippen molar-refractivity contribution in [3.8, 4) is 5.75 Å². The van der Waals surface area contributed by atoms with E-state index in [1.54, 1.807) is 11.8 Å².